The van der Waals surface area contributed by atoms with Crippen molar-refractivity contribution >= 4 is 80.3 Å². The van der Waals surface area contributed by atoms with E-state index in [-0.39, 0.29) is 24.3 Å². The van der Waals surface area contributed by atoms with Crippen LogP contribution in [0, 0.1) is 0 Å². The van der Waals surface area contributed by atoms with Crippen LogP contribution in [0.5, 0.6) is 23.0 Å². The highest BCUT2D eigenvalue weighted by atomic mass is 16.5. The molecule has 0 amide bonds. The number of fused-ring (bicyclic) bond motifs is 18. The second kappa shape index (κ2) is 24.4. The number of rotatable bonds is 8. The predicted octanol–water partition coefficient (Wildman–Crippen LogP) is 23.4. The minimum atomic E-state index is -0.778. The van der Waals surface area contributed by atoms with Crippen molar-refractivity contribution in [2.75, 3.05) is 9.80 Å². The molecule has 6 aliphatic rings. The van der Waals surface area contributed by atoms with Gasteiger partial charge in [0.05, 0.1) is 5.41 Å². The summed E-state index contributed by atoms with van der Waals surface area (Å²) in [5.41, 5.74) is 39.1. The number of anilines is 6. The molecule has 111 heavy (non-hydrogen) atoms. The zero-order valence-corrected chi connectivity index (χ0v) is 62.9. The molecule has 1 spiro atoms. The number of hydrogen-bond donors (Lipinski definition) is 0. The topological polar surface area (TPSA) is 24.9 Å². The fourth-order valence-electron chi connectivity index (χ4n) is 19.3. The highest BCUT2D eigenvalue weighted by Gasteiger charge is 2.55. The summed E-state index contributed by atoms with van der Waals surface area (Å²) in [6, 6.07) is 132. The second-order valence-electron chi connectivity index (χ2n) is 33.0. The quantitative estimate of drug-likeness (QED) is 0.142. The molecule has 0 saturated carbocycles. The van der Waals surface area contributed by atoms with Gasteiger partial charge in [0.1, 0.15) is 23.0 Å². The summed E-state index contributed by atoms with van der Waals surface area (Å²) in [4.78, 5) is 5.00. The lowest BCUT2D eigenvalue weighted by Crippen LogP contribution is -2.59. The molecule has 524 valence electrons. The van der Waals surface area contributed by atoms with Crippen molar-refractivity contribution in [2.45, 2.75) is 57.8 Å². The Morgan fingerprint density at radius 3 is 0.919 bits per heavy atom. The van der Waals surface area contributed by atoms with Gasteiger partial charge in [-0.05, 0) is 239 Å². The average molecular weight is 1420 g/mol. The Hall–Kier alpha value is -13.2. The number of ether oxygens (including phenoxy) is 2. The molecule has 0 N–H and O–H groups in total. The van der Waals surface area contributed by atoms with Crippen molar-refractivity contribution in [3.05, 3.63) is 385 Å². The van der Waals surface area contributed by atoms with E-state index in [0.29, 0.717) is 0 Å². The first-order chi connectivity index (χ1) is 54.3. The summed E-state index contributed by atoms with van der Waals surface area (Å²) >= 11 is 0. The van der Waals surface area contributed by atoms with E-state index in [1.54, 1.807) is 0 Å². The number of hydrogen-bond acceptors (Lipinski definition) is 4. The van der Waals surface area contributed by atoms with Crippen LogP contribution < -0.4 is 52.1 Å². The van der Waals surface area contributed by atoms with Crippen molar-refractivity contribution in [2.24, 2.45) is 0 Å². The minimum absolute atomic E-state index is 0.0100. The third-order valence-corrected chi connectivity index (χ3v) is 24.7. The van der Waals surface area contributed by atoms with Crippen molar-refractivity contribution < 1.29 is 9.47 Å². The SMILES string of the molecule is CC(C)(C)c1ccc(-c2cc3c4c(c2)N(c2ccc(-c5ccccc5)cc2)c2ccc(-c5ccccc5)cc2B4c2cc4c(cc2O3)C2(c3ccccc3-4)c3ccccc3-c3cc4c(cc32)Oc2cc(-c3ccc(C(C)(C)C)cc3)cc3c2B4c2cc(-c4ccccc4)ccc2N3c2ccc(-c3ccccc3)cc2)cc1. The maximum absolute atomic E-state index is 7.89. The second-order valence-corrected chi connectivity index (χ2v) is 33.0. The van der Waals surface area contributed by atoms with Gasteiger partial charge in [0, 0.05) is 34.1 Å². The van der Waals surface area contributed by atoms with E-state index < -0.39 is 5.41 Å². The molecule has 0 atom stereocenters. The standard InChI is InChI=1S/C105H76B2N2O2/c1-103(2,3)77-45-35-71(36-46-77)75-57-95-101-99(59-75)110-97-63-87-83(61-91(97)106(101)89-55-73(67-27-15-9-16-28-67)43-53-93(89)108(95)79-49-39-69(40-50-79)65-23-11-7-12-24-65)81-31-19-21-33-85(81)105(87)86-34-22-20-32-82(86)84-62-92-98(64-88(84)105)111-100-60-76(72-37-47-78(48-38-72)104(4,5)6)58-96-102(100)107(92)90-56-74(68-29-17-10-18-30-68)44-54-94(90)109(96)80-51-41-70(42-52-80)66-25-13-8-14-26-66/h7-64H,1-6H3. The fraction of sp³-hybridized carbons (Fsp3) is 0.0857. The molecule has 16 aromatic rings. The van der Waals surface area contributed by atoms with Crippen LogP contribution in [0.3, 0.4) is 0 Å². The van der Waals surface area contributed by atoms with Crippen LogP contribution in [0.25, 0.3) is 89.0 Å². The van der Waals surface area contributed by atoms with Gasteiger partial charge in [-0.15, -0.1) is 0 Å². The molecule has 0 radical (unpaired) electrons. The summed E-state index contributed by atoms with van der Waals surface area (Å²) in [6.45, 7) is 13.3. The molecule has 16 aromatic carbocycles. The monoisotopic (exact) mass is 1420 g/mol. The molecule has 4 nitrogen and oxygen atoms in total. The van der Waals surface area contributed by atoms with E-state index in [1.807, 2.05) is 0 Å². The van der Waals surface area contributed by atoms with Crippen molar-refractivity contribution in [1.29, 1.82) is 0 Å². The Morgan fingerprint density at radius 1 is 0.234 bits per heavy atom. The smallest absolute Gasteiger partial charge is 0.256 e. The molecule has 0 unspecified atom stereocenters. The van der Waals surface area contributed by atoms with Crippen LogP contribution in [0.15, 0.2) is 352 Å². The van der Waals surface area contributed by atoms with Gasteiger partial charge in [0.15, 0.2) is 0 Å². The fourth-order valence-corrected chi connectivity index (χ4v) is 19.3. The lowest BCUT2D eigenvalue weighted by molar-refractivity contribution is 0.485. The first-order valence-corrected chi connectivity index (χ1v) is 39.1. The summed E-state index contributed by atoms with van der Waals surface area (Å²) in [5.74, 6) is 3.43. The normalized spacial score (nSPS) is 13.8. The Kier molecular flexibility index (Phi) is 14.3. The summed E-state index contributed by atoms with van der Waals surface area (Å²) in [7, 11) is 0. The van der Waals surface area contributed by atoms with E-state index in [0.717, 1.165) is 101 Å². The van der Waals surface area contributed by atoms with Crippen LogP contribution in [-0.2, 0) is 16.2 Å². The average Bonchev–Trinajstić information content (AvgIpc) is 1.44. The largest absolute Gasteiger partial charge is 0.458 e. The van der Waals surface area contributed by atoms with Crippen LogP contribution in [0.1, 0.15) is 74.9 Å². The Balaban J connectivity index is 0.761. The molecular formula is C105H76B2N2O2. The van der Waals surface area contributed by atoms with E-state index >= 15 is 0 Å². The maximum atomic E-state index is 7.89. The van der Waals surface area contributed by atoms with Crippen LogP contribution in [0.2, 0.25) is 0 Å². The first-order valence-electron chi connectivity index (χ1n) is 39.1. The molecule has 0 bridgehead atoms. The summed E-state index contributed by atoms with van der Waals surface area (Å²) in [5, 5.41) is 0. The van der Waals surface area contributed by atoms with Crippen molar-refractivity contribution in [1.82, 2.24) is 0 Å². The lowest BCUT2D eigenvalue weighted by Gasteiger charge is -2.41. The van der Waals surface area contributed by atoms with E-state index in [4.69, 9.17) is 9.47 Å². The van der Waals surface area contributed by atoms with Gasteiger partial charge in [-0.25, -0.2) is 0 Å². The van der Waals surface area contributed by atoms with Gasteiger partial charge in [0.2, 0.25) is 0 Å². The molecule has 4 heterocycles. The zero-order chi connectivity index (χ0) is 74.2. The maximum Gasteiger partial charge on any atom is 0.256 e. The molecule has 6 heteroatoms. The molecule has 2 aliphatic carbocycles. The van der Waals surface area contributed by atoms with Crippen LogP contribution >= 0.6 is 0 Å². The molecular weight excluding hydrogens is 1340 g/mol. The summed E-state index contributed by atoms with van der Waals surface area (Å²) < 4.78 is 15.8. The van der Waals surface area contributed by atoms with Gasteiger partial charge < -0.3 is 19.3 Å². The molecule has 4 aliphatic heterocycles. The van der Waals surface area contributed by atoms with Gasteiger partial charge in [-0.2, -0.15) is 0 Å². The minimum Gasteiger partial charge on any atom is -0.458 e. The number of benzene rings is 16. The van der Waals surface area contributed by atoms with Gasteiger partial charge in [-0.1, -0.05) is 321 Å². The van der Waals surface area contributed by atoms with E-state index in [1.165, 1.54) is 111 Å². The highest BCUT2D eigenvalue weighted by molar-refractivity contribution is 7.00. The third-order valence-electron chi connectivity index (χ3n) is 24.7. The molecule has 0 aromatic heterocycles. The van der Waals surface area contributed by atoms with Gasteiger partial charge in [0.25, 0.3) is 13.4 Å². The van der Waals surface area contributed by atoms with Crippen LogP contribution in [0.4, 0.5) is 34.1 Å². The van der Waals surface area contributed by atoms with Crippen molar-refractivity contribution in [3.8, 4) is 112 Å². The Bertz CT molecular complexity index is 6100. The van der Waals surface area contributed by atoms with Gasteiger partial charge >= 0.3 is 0 Å². The van der Waals surface area contributed by atoms with Crippen molar-refractivity contribution in [3.63, 3.8) is 0 Å². The lowest BCUT2D eigenvalue weighted by atomic mass is 9.33. The Labute approximate surface area is 650 Å². The van der Waals surface area contributed by atoms with Gasteiger partial charge in [-0.3, -0.25) is 0 Å². The van der Waals surface area contributed by atoms with E-state index in [2.05, 4.69) is 403 Å². The number of nitrogens with zero attached hydrogens (tertiary/aromatic N) is 2. The molecule has 0 saturated heterocycles. The van der Waals surface area contributed by atoms with Crippen LogP contribution in [-0.4, -0.2) is 13.4 Å². The molecule has 22 rings (SSSR count). The zero-order valence-electron chi connectivity index (χ0n) is 62.9. The Morgan fingerprint density at radius 2 is 0.550 bits per heavy atom. The van der Waals surface area contributed by atoms with E-state index in [9.17, 15) is 0 Å². The molecule has 0 fully saturated rings. The predicted molar refractivity (Wildman–Crippen MR) is 464 cm³/mol. The first kappa shape index (κ1) is 65.0. The highest BCUT2D eigenvalue weighted by Crippen LogP contribution is 2.64. The third kappa shape index (κ3) is 10.0. The summed E-state index contributed by atoms with van der Waals surface area (Å²) in [6.07, 6.45) is 0.